The van der Waals surface area contributed by atoms with Crippen molar-refractivity contribution in [1.82, 2.24) is 9.97 Å². The van der Waals surface area contributed by atoms with Crippen molar-refractivity contribution >= 4 is 17.5 Å². The van der Waals surface area contributed by atoms with Gasteiger partial charge in [0.25, 0.3) is 0 Å². The largest absolute Gasteiger partial charge is 0.353 e. The summed E-state index contributed by atoms with van der Waals surface area (Å²) in [5.41, 5.74) is 0. The fourth-order valence-corrected chi connectivity index (χ4v) is 2.66. The molecule has 0 saturated carbocycles. The monoisotopic (exact) mass is 300 g/mol. The predicted octanol–water partition coefficient (Wildman–Crippen LogP) is 2.47. The van der Waals surface area contributed by atoms with Crippen LogP contribution in [0.15, 0.2) is 42.7 Å². The van der Waals surface area contributed by atoms with Gasteiger partial charge in [-0.25, -0.2) is 14.4 Å². The van der Waals surface area contributed by atoms with Crippen LogP contribution in [0.5, 0.6) is 0 Å². The van der Waals surface area contributed by atoms with Gasteiger partial charge in [-0.1, -0.05) is 6.07 Å². The van der Waals surface area contributed by atoms with Crippen molar-refractivity contribution in [3.05, 3.63) is 48.5 Å². The average Bonchev–Trinajstić information content (AvgIpc) is 2.56. The van der Waals surface area contributed by atoms with E-state index in [1.165, 1.54) is 6.07 Å². The van der Waals surface area contributed by atoms with Crippen LogP contribution < -0.4 is 10.2 Å². The summed E-state index contributed by atoms with van der Waals surface area (Å²) in [4.78, 5) is 22.3. The zero-order valence-corrected chi connectivity index (χ0v) is 12.1. The molecule has 3 rings (SSSR count). The molecule has 3 heterocycles. The Kier molecular flexibility index (Phi) is 4.27. The molecular formula is C16H17FN4O. The second-order valence-corrected chi connectivity index (χ2v) is 5.30. The van der Waals surface area contributed by atoms with Crippen LogP contribution in [0.1, 0.15) is 12.8 Å². The zero-order chi connectivity index (χ0) is 15.4. The molecule has 1 aliphatic heterocycles. The van der Waals surface area contributed by atoms with E-state index in [-0.39, 0.29) is 17.6 Å². The minimum absolute atomic E-state index is 0.0836. The third kappa shape index (κ3) is 3.21. The van der Waals surface area contributed by atoms with E-state index in [0.717, 1.165) is 12.8 Å². The standard InChI is InChI=1S/C16H17FN4O/c17-13-6-3-9-19-15(13)21-10-4-5-12(11-21)16(22)20-14-7-1-2-8-18-14/h1-3,6-9,12H,4-5,10-11H2,(H,18,20,22)/t12-/m1/s1. The van der Waals surface area contributed by atoms with Gasteiger partial charge in [-0.15, -0.1) is 0 Å². The Labute approximate surface area is 128 Å². The lowest BCUT2D eigenvalue weighted by Gasteiger charge is -2.32. The van der Waals surface area contributed by atoms with Crippen LogP contribution >= 0.6 is 0 Å². The Bertz CT molecular complexity index is 650. The van der Waals surface area contributed by atoms with Crippen LogP contribution in [-0.2, 0) is 4.79 Å². The molecule has 5 nitrogen and oxygen atoms in total. The highest BCUT2D eigenvalue weighted by Crippen LogP contribution is 2.24. The summed E-state index contributed by atoms with van der Waals surface area (Å²) in [6.45, 7) is 1.17. The van der Waals surface area contributed by atoms with Crippen molar-refractivity contribution < 1.29 is 9.18 Å². The van der Waals surface area contributed by atoms with E-state index < -0.39 is 0 Å². The second kappa shape index (κ2) is 6.51. The highest BCUT2D eigenvalue weighted by Gasteiger charge is 2.27. The van der Waals surface area contributed by atoms with Gasteiger partial charge in [0.05, 0.1) is 5.92 Å². The molecule has 0 bridgehead atoms. The van der Waals surface area contributed by atoms with Crippen LogP contribution in [-0.4, -0.2) is 29.0 Å². The third-order valence-electron chi connectivity index (χ3n) is 3.75. The molecule has 0 spiro atoms. The van der Waals surface area contributed by atoms with Gasteiger partial charge in [0.15, 0.2) is 11.6 Å². The molecule has 0 unspecified atom stereocenters. The molecule has 2 aromatic heterocycles. The number of carbonyl (C=O) groups is 1. The lowest BCUT2D eigenvalue weighted by Crippen LogP contribution is -2.41. The maximum absolute atomic E-state index is 13.8. The van der Waals surface area contributed by atoms with E-state index in [1.54, 1.807) is 30.6 Å². The molecular weight excluding hydrogens is 283 g/mol. The minimum Gasteiger partial charge on any atom is -0.353 e. The quantitative estimate of drug-likeness (QED) is 0.946. The number of amides is 1. The fourth-order valence-electron chi connectivity index (χ4n) is 2.66. The number of halogens is 1. The SMILES string of the molecule is O=C(Nc1ccccn1)[C@@H]1CCCN(c2ncccc2F)C1. The summed E-state index contributed by atoms with van der Waals surface area (Å²) >= 11 is 0. The van der Waals surface area contributed by atoms with Gasteiger partial charge in [-0.2, -0.15) is 0 Å². The number of pyridine rings is 2. The molecule has 1 amide bonds. The van der Waals surface area contributed by atoms with Crippen LogP contribution in [0.2, 0.25) is 0 Å². The predicted molar refractivity (Wildman–Crippen MR) is 82.0 cm³/mol. The topological polar surface area (TPSA) is 58.1 Å². The first-order valence-electron chi connectivity index (χ1n) is 7.31. The Balaban J connectivity index is 1.68. The van der Waals surface area contributed by atoms with E-state index in [0.29, 0.717) is 24.7 Å². The first-order chi connectivity index (χ1) is 10.7. The Morgan fingerprint density at radius 3 is 2.86 bits per heavy atom. The van der Waals surface area contributed by atoms with Gasteiger partial charge in [0.2, 0.25) is 5.91 Å². The normalized spacial score (nSPS) is 18.0. The number of hydrogen-bond acceptors (Lipinski definition) is 4. The Morgan fingerprint density at radius 2 is 2.09 bits per heavy atom. The van der Waals surface area contributed by atoms with Gasteiger partial charge < -0.3 is 10.2 Å². The fraction of sp³-hybridized carbons (Fsp3) is 0.312. The van der Waals surface area contributed by atoms with Gasteiger partial charge in [0.1, 0.15) is 5.82 Å². The summed E-state index contributed by atoms with van der Waals surface area (Å²) < 4.78 is 13.8. The maximum Gasteiger partial charge on any atom is 0.230 e. The molecule has 1 fully saturated rings. The van der Waals surface area contributed by atoms with Crippen molar-refractivity contribution in [1.29, 1.82) is 0 Å². The smallest absolute Gasteiger partial charge is 0.230 e. The molecule has 2 aromatic rings. The van der Waals surface area contributed by atoms with Crippen molar-refractivity contribution in [2.45, 2.75) is 12.8 Å². The highest BCUT2D eigenvalue weighted by atomic mass is 19.1. The maximum atomic E-state index is 13.8. The number of hydrogen-bond donors (Lipinski definition) is 1. The number of nitrogens with zero attached hydrogens (tertiary/aromatic N) is 3. The van der Waals surface area contributed by atoms with Gasteiger partial charge >= 0.3 is 0 Å². The molecule has 0 aromatic carbocycles. The molecule has 6 heteroatoms. The molecule has 1 N–H and O–H groups in total. The number of aromatic nitrogens is 2. The second-order valence-electron chi connectivity index (χ2n) is 5.30. The van der Waals surface area contributed by atoms with Crippen molar-refractivity contribution in [3.8, 4) is 0 Å². The highest BCUT2D eigenvalue weighted by molar-refractivity contribution is 5.92. The summed E-state index contributed by atoms with van der Waals surface area (Å²) in [6, 6.07) is 8.31. The molecule has 114 valence electrons. The average molecular weight is 300 g/mol. The summed E-state index contributed by atoms with van der Waals surface area (Å²) in [5.74, 6) is 0.219. The van der Waals surface area contributed by atoms with Gasteiger partial charge in [-0.05, 0) is 37.1 Å². The van der Waals surface area contributed by atoms with Crippen molar-refractivity contribution in [2.75, 3.05) is 23.3 Å². The lowest BCUT2D eigenvalue weighted by molar-refractivity contribution is -0.120. The third-order valence-corrected chi connectivity index (χ3v) is 3.75. The molecule has 1 saturated heterocycles. The van der Waals surface area contributed by atoms with Gasteiger partial charge in [-0.3, -0.25) is 4.79 Å². The van der Waals surface area contributed by atoms with E-state index in [9.17, 15) is 9.18 Å². The van der Waals surface area contributed by atoms with E-state index >= 15 is 0 Å². The van der Waals surface area contributed by atoms with Crippen LogP contribution in [0.4, 0.5) is 16.0 Å². The summed E-state index contributed by atoms with van der Waals surface area (Å²) in [5, 5.41) is 2.81. The first kappa shape index (κ1) is 14.4. The van der Waals surface area contributed by atoms with E-state index in [2.05, 4.69) is 15.3 Å². The lowest BCUT2D eigenvalue weighted by atomic mass is 9.97. The minimum atomic E-state index is -0.353. The van der Waals surface area contributed by atoms with Crippen molar-refractivity contribution in [3.63, 3.8) is 0 Å². The molecule has 0 radical (unpaired) electrons. The molecule has 1 aliphatic rings. The number of nitrogens with one attached hydrogen (secondary N) is 1. The number of anilines is 2. The Morgan fingerprint density at radius 1 is 1.23 bits per heavy atom. The van der Waals surface area contributed by atoms with Gasteiger partial charge in [0, 0.05) is 25.5 Å². The summed E-state index contributed by atoms with van der Waals surface area (Å²) in [7, 11) is 0. The van der Waals surface area contributed by atoms with Crippen molar-refractivity contribution in [2.24, 2.45) is 5.92 Å². The zero-order valence-electron chi connectivity index (χ0n) is 12.1. The molecule has 22 heavy (non-hydrogen) atoms. The molecule has 0 aliphatic carbocycles. The van der Waals surface area contributed by atoms with Crippen LogP contribution in [0.25, 0.3) is 0 Å². The Hall–Kier alpha value is -2.50. The number of rotatable bonds is 3. The first-order valence-corrected chi connectivity index (χ1v) is 7.31. The van der Waals surface area contributed by atoms with E-state index in [1.807, 2.05) is 11.0 Å². The molecule has 1 atom stereocenters. The number of piperidine rings is 1. The van der Waals surface area contributed by atoms with Crippen LogP contribution in [0, 0.1) is 11.7 Å². The summed E-state index contributed by atoms with van der Waals surface area (Å²) in [6.07, 6.45) is 4.81. The number of carbonyl (C=O) groups excluding carboxylic acids is 1. The van der Waals surface area contributed by atoms with Crippen LogP contribution in [0.3, 0.4) is 0 Å². The van der Waals surface area contributed by atoms with E-state index in [4.69, 9.17) is 0 Å².